The molecule has 0 nitrogen and oxygen atoms in total. The highest BCUT2D eigenvalue weighted by molar-refractivity contribution is 8.42. The molecule has 0 radical (unpaired) electrons. The van der Waals surface area contributed by atoms with Crippen molar-refractivity contribution in [2.24, 2.45) is 5.92 Å². The summed E-state index contributed by atoms with van der Waals surface area (Å²) in [5, 5.41) is 2.31. The standard InChI is InChI=1S/C13H12S6/c1-14-10-11(15-2)19-13(18-10)12-16-7-9(17-12)8-5-3-4-6-8/h3-8H,1-2H3. The molecule has 0 atom stereocenters. The Morgan fingerprint density at radius 2 is 1.53 bits per heavy atom. The largest absolute Gasteiger partial charge is 0.121 e. The van der Waals surface area contributed by atoms with Gasteiger partial charge in [0.15, 0.2) is 0 Å². The molecule has 2 heterocycles. The average Bonchev–Trinajstić information content (AvgIpc) is 3.16. The summed E-state index contributed by atoms with van der Waals surface area (Å²) in [6.07, 6.45) is 13.1. The maximum absolute atomic E-state index is 2.31. The summed E-state index contributed by atoms with van der Waals surface area (Å²) in [5.74, 6) is 0.500. The third kappa shape index (κ3) is 3.19. The SMILES string of the molecule is CSC1=C(SC)SC(=C2SC=C(C3C=CC=C3)S2)S1. The van der Waals surface area contributed by atoms with Crippen LogP contribution in [0.2, 0.25) is 0 Å². The summed E-state index contributed by atoms with van der Waals surface area (Å²) < 4.78 is 5.82. The normalized spacial score (nSPS) is 23.2. The van der Waals surface area contributed by atoms with E-state index < -0.39 is 0 Å². The molecule has 0 fully saturated rings. The van der Waals surface area contributed by atoms with Crippen molar-refractivity contribution in [2.45, 2.75) is 0 Å². The van der Waals surface area contributed by atoms with Gasteiger partial charge in [-0.1, -0.05) is 71.4 Å². The molecule has 2 aliphatic heterocycles. The van der Waals surface area contributed by atoms with Crippen molar-refractivity contribution in [3.63, 3.8) is 0 Å². The number of allylic oxidation sites excluding steroid dienone is 5. The molecular weight excluding hydrogens is 349 g/mol. The van der Waals surface area contributed by atoms with Gasteiger partial charge in [0.1, 0.15) is 0 Å². The van der Waals surface area contributed by atoms with E-state index in [1.54, 1.807) is 0 Å². The van der Waals surface area contributed by atoms with Gasteiger partial charge in [-0.3, -0.25) is 0 Å². The smallest absolute Gasteiger partial charge is 0.0717 e. The Balaban J connectivity index is 1.71. The molecule has 3 rings (SSSR count). The van der Waals surface area contributed by atoms with Crippen LogP contribution in [0.3, 0.4) is 0 Å². The van der Waals surface area contributed by atoms with Crippen molar-refractivity contribution in [1.29, 1.82) is 0 Å². The average molecular weight is 361 g/mol. The fourth-order valence-electron chi connectivity index (χ4n) is 1.73. The van der Waals surface area contributed by atoms with Crippen molar-refractivity contribution in [1.82, 2.24) is 0 Å². The van der Waals surface area contributed by atoms with E-state index >= 15 is 0 Å². The van der Waals surface area contributed by atoms with Gasteiger partial charge in [-0.05, 0) is 17.9 Å². The number of hydrogen-bond donors (Lipinski definition) is 0. The molecule has 6 heteroatoms. The molecule has 0 aromatic rings. The van der Waals surface area contributed by atoms with Crippen LogP contribution in [0.4, 0.5) is 0 Å². The lowest BCUT2D eigenvalue weighted by Gasteiger charge is -2.06. The Morgan fingerprint density at radius 1 is 0.895 bits per heavy atom. The van der Waals surface area contributed by atoms with E-state index in [4.69, 9.17) is 0 Å². The van der Waals surface area contributed by atoms with Gasteiger partial charge in [0, 0.05) is 10.8 Å². The first-order valence-electron chi connectivity index (χ1n) is 5.63. The van der Waals surface area contributed by atoms with Gasteiger partial charge in [-0.25, -0.2) is 0 Å². The van der Waals surface area contributed by atoms with E-state index in [1.165, 1.54) is 21.9 Å². The minimum Gasteiger partial charge on any atom is -0.121 e. The first-order chi connectivity index (χ1) is 9.31. The fraction of sp³-hybridized carbons (Fsp3) is 0.231. The summed E-state index contributed by atoms with van der Waals surface area (Å²) in [7, 11) is 0. The highest BCUT2D eigenvalue weighted by Crippen LogP contribution is 2.62. The summed E-state index contributed by atoms with van der Waals surface area (Å²) >= 11 is 11.4. The Bertz CT molecular complexity index is 507. The predicted octanol–water partition coefficient (Wildman–Crippen LogP) is 6.51. The lowest BCUT2D eigenvalue weighted by molar-refractivity contribution is 1.08. The molecule has 0 spiro atoms. The zero-order valence-electron chi connectivity index (χ0n) is 10.4. The van der Waals surface area contributed by atoms with Crippen molar-refractivity contribution >= 4 is 70.6 Å². The summed E-state index contributed by atoms with van der Waals surface area (Å²) in [4.78, 5) is 1.46. The van der Waals surface area contributed by atoms with E-state index in [-0.39, 0.29) is 0 Å². The Kier molecular flexibility index (Phi) is 5.20. The highest BCUT2D eigenvalue weighted by atomic mass is 32.3. The predicted molar refractivity (Wildman–Crippen MR) is 101 cm³/mol. The van der Waals surface area contributed by atoms with Crippen LogP contribution >= 0.6 is 70.6 Å². The summed E-state index contributed by atoms with van der Waals surface area (Å²) in [6, 6.07) is 0. The van der Waals surface area contributed by atoms with Crippen LogP contribution in [-0.4, -0.2) is 12.5 Å². The van der Waals surface area contributed by atoms with Crippen LogP contribution in [0.1, 0.15) is 0 Å². The molecule has 0 bridgehead atoms. The Labute approximate surface area is 139 Å². The second-order valence-electron chi connectivity index (χ2n) is 3.80. The van der Waals surface area contributed by atoms with Gasteiger partial charge in [0.2, 0.25) is 0 Å². The number of hydrogen-bond acceptors (Lipinski definition) is 6. The zero-order valence-corrected chi connectivity index (χ0v) is 15.3. The zero-order chi connectivity index (χ0) is 13.2. The molecule has 0 saturated heterocycles. The number of thioether (sulfide) groups is 6. The molecule has 0 aromatic heterocycles. The molecule has 0 saturated carbocycles. The van der Waals surface area contributed by atoms with E-state index in [1.807, 2.05) is 70.6 Å². The van der Waals surface area contributed by atoms with Crippen LogP contribution in [0, 0.1) is 5.92 Å². The van der Waals surface area contributed by atoms with Gasteiger partial charge in [0.25, 0.3) is 0 Å². The molecule has 0 N–H and O–H groups in total. The topological polar surface area (TPSA) is 0 Å². The molecule has 1 aliphatic carbocycles. The van der Waals surface area contributed by atoms with Crippen LogP contribution < -0.4 is 0 Å². The first kappa shape index (κ1) is 14.7. The van der Waals surface area contributed by atoms with Gasteiger partial charge in [0.05, 0.1) is 16.9 Å². The van der Waals surface area contributed by atoms with Crippen molar-refractivity contribution in [3.8, 4) is 0 Å². The minimum atomic E-state index is 0.500. The Hall–Kier alpha value is 0.800. The van der Waals surface area contributed by atoms with Crippen LogP contribution in [-0.2, 0) is 0 Å². The summed E-state index contributed by atoms with van der Waals surface area (Å²) in [6.45, 7) is 0. The van der Waals surface area contributed by atoms with Gasteiger partial charge < -0.3 is 0 Å². The van der Waals surface area contributed by atoms with Crippen molar-refractivity contribution < 1.29 is 0 Å². The lowest BCUT2D eigenvalue weighted by Crippen LogP contribution is -1.87. The maximum atomic E-state index is 2.31. The quantitative estimate of drug-likeness (QED) is 0.558. The van der Waals surface area contributed by atoms with Crippen LogP contribution in [0.15, 0.2) is 51.6 Å². The van der Waals surface area contributed by atoms with Crippen molar-refractivity contribution in [3.05, 3.63) is 51.6 Å². The minimum absolute atomic E-state index is 0.500. The molecule has 0 unspecified atom stereocenters. The van der Waals surface area contributed by atoms with Crippen molar-refractivity contribution in [2.75, 3.05) is 12.5 Å². The third-order valence-corrected chi connectivity index (χ3v) is 10.9. The van der Waals surface area contributed by atoms with E-state index in [0.717, 1.165) is 0 Å². The third-order valence-electron chi connectivity index (χ3n) is 2.64. The molecule has 0 amide bonds. The fourth-order valence-corrected chi connectivity index (χ4v) is 9.45. The molecule has 0 aromatic carbocycles. The van der Waals surface area contributed by atoms with Crippen LogP contribution in [0.5, 0.6) is 0 Å². The van der Waals surface area contributed by atoms with Gasteiger partial charge in [-0.2, -0.15) is 0 Å². The summed E-state index contributed by atoms with van der Waals surface area (Å²) in [5.41, 5.74) is 0. The lowest BCUT2D eigenvalue weighted by atomic mass is 10.2. The molecule has 19 heavy (non-hydrogen) atoms. The Morgan fingerprint density at radius 3 is 2.11 bits per heavy atom. The number of rotatable bonds is 3. The maximum Gasteiger partial charge on any atom is 0.0717 e. The molecular formula is C13H12S6. The monoisotopic (exact) mass is 360 g/mol. The van der Waals surface area contributed by atoms with E-state index in [2.05, 4.69) is 42.2 Å². The molecule has 100 valence electrons. The highest BCUT2D eigenvalue weighted by Gasteiger charge is 2.27. The van der Waals surface area contributed by atoms with Gasteiger partial charge in [-0.15, -0.1) is 23.5 Å². The molecule has 3 aliphatic rings. The first-order valence-corrected chi connectivity index (χ1v) is 11.4. The van der Waals surface area contributed by atoms with Crippen LogP contribution in [0.25, 0.3) is 0 Å². The van der Waals surface area contributed by atoms with E-state index in [9.17, 15) is 0 Å². The second-order valence-corrected chi connectivity index (χ2v) is 10.5. The van der Waals surface area contributed by atoms with E-state index in [0.29, 0.717) is 5.92 Å². The van der Waals surface area contributed by atoms with Gasteiger partial charge >= 0.3 is 0 Å². The second kappa shape index (κ2) is 6.71.